The van der Waals surface area contributed by atoms with Crippen molar-refractivity contribution in [2.45, 2.75) is 44.0 Å². The van der Waals surface area contributed by atoms with Gasteiger partial charge in [0, 0.05) is 30.7 Å². The number of carbonyl (C=O) groups excluding carboxylic acids is 1. The Labute approximate surface area is 220 Å². The molecule has 0 aliphatic carbocycles. The Balaban J connectivity index is 1.64. The molecule has 4 rings (SSSR count). The van der Waals surface area contributed by atoms with Crippen molar-refractivity contribution in [3.05, 3.63) is 76.2 Å². The third-order valence-corrected chi connectivity index (χ3v) is 9.05. The van der Waals surface area contributed by atoms with Gasteiger partial charge in [-0.2, -0.15) is 0 Å². The maximum Gasteiger partial charge on any atom is 0.263 e. The minimum Gasteiger partial charge on any atom is -0.324 e. The first-order valence-electron chi connectivity index (χ1n) is 12.0. The van der Waals surface area contributed by atoms with Crippen LogP contribution < -0.4 is 10.9 Å². The number of benzene rings is 2. The lowest BCUT2D eigenvalue weighted by molar-refractivity contribution is -0.119. The molecule has 1 N–H and O–H groups in total. The largest absolute Gasteiger partial charge is 0.324 e. The van der Waals surface area contributed by atoms with E-state index in [-0.39, 0.29) is 16.4 Å². The molecule has 2 aromatic carbocycles. The predicted octanol–water partition coefficient (Wildman–Crippen LogP) is 5.09. The van der Waals surface area contributed by atoms with Crippen molar-refractivity contribution in [1.29, 1.82) is 0 Å². The topological polar surface area (TPSA) is 101 Å². The van der Waals surface area contributed by atoms with Gasteiger partial charge in [0.15, 0.2) is 0 Å². The number of fused-ring (bicyclic) bond motifs is 1. The molecule has 2 heterocycles. The highest BCUT2D eigenvalue weighted by molar-refractivity contribution is 7.89. The van der Waals surface area contributed by atoms with Crippen LogP contribution in [0.4, 0.5) is 5.69 Å². The van der Waals surface area contributed by atoms with Crippen LogP contribution in [0.25, 0.3) is 21.3 Å². The summed E-state index contributed by atoms with van der Waals surface area (Å²) in [5.41, 5.74) is 3.11. The molecule has 0 radical (unpaired) electrons. The summed E-state index contributed by atoms with van der Waals surface area (Å²) >= 11 is 1.40. The molecular formula is C27H30N4O4S2. The summed E-state index contributed by atoms with van der Waals surface area (Å²) < 4.78 is 27.1. The third kappa shape index (κ3) is 5.22. The van der Waals surface area contributed by atoms with E-state index >= 15 is 0 Å². The van der Waals surface area contributed by atoms with E-state index in [1.807, 2.05) is 24.4 Å². The SMILES string of the molecule is CCC(C(=O)Nc1ccc(S(=O)(=O)N(C)C)cc1)n1cnc2scc(-c3ccc(C(C)C)cc3)c2c1=O. The Morgan fingerprint density at radius 2 is 1.73 bits per heavy atom. The van der Waals surface area contributed by atoms with Crippen LogP contribution in [0, 0.1) is 0 Å². The molecule has 10 heteroatoms. The number of thiophene rings is 1. The lowest BCUT2D eigenvalue weighted by atomic mass is 9.99. The normalized spacial score (nSPS) is 12.8. The van der Waals surface area contributed by atoms with E-state index in [9.17, 15) is 18.0 Å². The van der Waals surface area contributed by atoms with Crippen molar-refractivity contribution in [2.75, 3.05) is 19.4 Å². The summed E-state index contributed by atoms with van der Waals surface area (Å²) in [4.78, 5) is 32.0. The van der Waals surface area contributed by atoms with Crippen molar-refractivity contribution >= 4 is 43.2 Å². The van der Waals surface area contributed by atoms with E-state index < -0.39 is 16.1 Å². The van der Waals surface area contributed by atoms with Crippen LogP contribution in [-0.4, -0.2) is 42.3 Å². The van der Waals surface area contributed by atoms with Crippen LogP contribution in [0.3, 0.4) is 0 Å². The number of hydrogen-bond acceptors (Lipinski definition) is 6. The number of hydrogen-bond donors (Lipinski definition) is 1. The lowest BCUT2D eigenvalue weighted by Crippen LogP contribution is -2.33. The number of aromatic nitrogens is 2. The summed E-state index contributed by atoms with van der Waals surface area (Å²) in [7, 11) is -0.658. The molecule has 0 saturated carbocycles. The van der Waals surface area contributed by atoms with Gasteiger partial charge in [0.2, 0.25) is 15.9 Å². The van der Waals surface area contributed by atoms with Crippen LogP contribution >= 0.6 is 11.3 Å². The Bertz CT molecular complexity index is 1590. The van der Waals surface area contributed by atoms with Crippen LogP contribution in [0.1, 0.15) is 44.7 Å². The fourth-order valence-corrected chi connectivity index (χ4v) is 5.89. The molecule has 4 aromatic rings. The Morgan fingerprint density at radius 1 is 1.08 bits per heavy atom. The minimum atomic E-state index is -3.57. The smallest absolute Gasteiger partial charge is 0.263 e. The van der Waals surface area contributed by atoms with E-state index in [0.29, 0.717) is 28.2 Å². The highest BCUT2D eigenvalue weighted by Crippen LogP contribution is 2.32. The molecule has 8 nitrogen and oxygen atoms in total. The molecule has 0 aliphatic heterocycles. The van der Waals surface area contributed by atoms with Gasteiger partial charge in [-0.05, 0) is 47.7 Å². The summed E-state index contributed by atoms with van der Waals surface area (Å²) in [6.45, 7) is 6.09. The van der Waals surface area contributed by atoms with Gasteiger partial charge in [0.25, 0.3) is 5.56 Å². The van der Waals surface area contributed by atoms with E-state index in [2.05, 4.69) is 36.3 Å². The van der Waals surface area contributed by atoms with Gasteiger partial charge in [-0.3, -0.25) is 14.2 Å². The second kappa shape index (κ2) is 10.6. The molecule has 0 spiro atoms. The third-order valence-electron chi connectivity index (χ3n) is 6.33. The molecule has 1 unspecified atom stereocenters. The number of anilines is 1. The van der Waals surface area contributed by atoms with Gasteiger partial charge in [-0.1, -0.05) is 45.0 Å². The van der Waals surface area contributed by atoms with Crippen molar-refractivity contribution in [1.82, 2.24) is 13.9 Å². The Morgan fingerprint density at radius 3 is 2.30 bits per heavy atom. The number of amides is 1. The van der Waals surface area contributed by atoms with Gasteiger partial charge < -0.3 is 5.32 Å². The van der Waals surface area contributed by atoms with Crippen LogP contribution in [0.2, 0.25) is 0 Å². The number of rotatable bonds is 8. The summed E-state index contributed by atoms with van der Waals surface area (Å²) in [6, 6.07) is 13.3. The summed E-state index contributed by atoms with van der Waals surface area (Å²) in [6.07, 6.45) is 1.79. The fourth-order valence-electron chi connectivity index (χ4n) is 4.08. The second-order valence-electron chi connectivity index (χ2n) is 9.29. The van der Waals surface area contributed by atoms with Gasteiger partial charge in [0.05, 0.1) is 16.6 Å². The Hall–Kier alpha value is -3.34. The van der Waals surface area contributed by atoms with Crippen molar-refractivity contribution < 1.29 is 13.2 Å². The van der Waals surface area contributed by atoms with Gasteiger partial charge in [-0.15, -0.1) is 11.3 Å². The zero-order chi connectivity index (χ0) is 26.9. The van der Waals surface area contributed by atoms with Crippen molar-refractivity contribution in [3.8, 4) is 11.1 Å². The quantitative estimate of drug-likeness (QED) is 0.337. The van der Waals surface area contributed by atoms with Crippen molar-refractivity contribution in [2.24, 2.45) is 0 Å². The van der Waals surface area contributed by atoms with E-state index in [4.69, 9.17) is 0 Å². The lowest BCUT2D eigenvalue weighted by Gasteiger charge is -2.18. The first-order valence-corrected chi connectivity index (χ1v) is 14.3. The average Bonchev–Trinajstić information content (AvgIpc) is 3.31. The highest BCUT2D eigenvalue weighted by Gasteiger charge is 2.23. The number of carbonyl (C=O) groups is 1. The molecule has 0 fully saturated rings. The number of nitrogens with zero attached hydrogens (tertiary/aromatic N) is 3. The van der Waals surface area contributed by atoms with E-state index in [1.165, 1.54) is 66.2 Å². The first kappa shape index (κ1) is 26.7. The summed E-state index contributed by atoms with van der Waals surface area (Å²) in [5.74, 6) is 0.0246. The minimum absolute atomic E-state index is 0.125. The van der Waals surface area contributed by atoms with E-state index in [0.717, 1.165) is 15.4 Å². The molecule has 2 aromatic heterocycles. The first-order chi connectivity index (χ1) is 17.5. The number of nitrogens with one attached hydrogen (secondary N) is 1. The standard InChI is InChI=1S/C27H30N4O4S2/c1-6-23(25(32)29-20-11-13-21(14-12-20)37(34,35)30(4)5)31-16-28-26-24(27(31)33)22(15-36-26)19-9-7-18(8-10-19)17(2)3/h7-17,23H,6H2,1-5H3,(H,29,32). The predicted molar refractivity (Wildman–Crippen MR) is 149 cm³/mol. The van der Waals surface area contributed by atoms with Crippen LogP contribution in [0.15, 0.2) is 69.9 Å². The van der Waals surface area contributed by atoms with Crippen molar-refractivity contribution in [3.63, 3.8) is 0 Å². The molecular weight excluding hydrogens is 508 g/mol. The van der Waals surface area contributed by atoms with Gasteiger partial charge in [-0.25, -0.2) is 17.7 Å². The second-order valence-corrected chi connectivity index (χ2v) is 12.3. The molecule has 1 atom stereocenters. The van der Waals surface area contributed by atoms with Crippen LogP contribution in [0.5, 0.6) is 0 Å². The average molecular weight is 539 g/mol. The maximum absolute atomic E-state index is 13.6. The molecule has 194 valence electrons. The molecule has 0 aliphatic rings. The Kier molecular flexibility index (Phi) is 7.63. The monoisotopic (exact) mass is 538 g/mol. The molecule has 0 saturated heterocycles. The number of sulfonamides is 1. The van der Waals surface area contributed by atoms with Gasteiger partial charge in [0.1, 0.15) is 10.9 Å². The van der Waals surface area contributed by atoms with Gasteiger partial charge >= 0.3 is 0 Å². The zero-order valence-corrected chi connectivity index (χ0v) is 23.1. The summed E-state index contributed by atoms with van der Waals surface area (Å²) in [5, 5.41) is 5.22. The highest BCUT2D eigenvalue weighted by atomic mass is 32.2. The fraction of sp³-hybridized carbons (Fsp3) is 0.296. The molecule has 0 bridgehead atoms. The van der Waals surface area contributed by atoms with Crippen LogP contribution in [-0.2, 0) is 14.8 Å². The maximum atomic E-state index is 13.6. The zero-order valence-electron chi connectivity index (χ0n) is 21.4. The van der Waals surface area contributed by atoms with E-state index in [1.54, 1.807) is 0 Å². The molecule has 1 amide bonds. The molecule has 37 heavy (non-hydrogen) atoms.